The summed E-state index contributed by atoms with van der Waals surface area (Å²) in [5.41, 5.74) is 6.11. The van der Waals surface area contributed by atoms with Gasteiger partial charge in [0, 0.05) is 12.0 Å². The SMILES string of the molecule is CNCC1(c2ccc(C)c(C)c2)CC(c2ccccc2)C1. The van der Waals surface area contributed by atoms with Gasteiger partial charge in [0.25, 0.3) is 0 Å². The van der Waals surface area contributed by atoms with E-state index in [1.165, 1.54) is 35.1 Å². The summed E-state index contributed by atoms with van der Waals surface area (Å²) in [7, 11) is 2.07. The zero-order valence-electron chi connectivity index (χ0n) is 13.3. The summed E-state index contributed by atoms with van der Waals surface area (Å²) < 4.78 is 0. The van der Waals surface area contributed by atoms with Crippen molar-refractivity contribution in [3.63, 3.8) is 0 Å². The first-order valence-corrected chi connectivity index (χ1v) is 7.92. The highest BCUT2D eigenvalue weighted by Crippen LogP contribution is 2.52. The van der Waals surface area contributed by atoms with Crippen molar-refractivity contribution in [1.29, 1.82) is 0 Å². The summed E-state index contributed by atoms with van der Waals surface area (Å²) in [6, 6.07) is 18.0. The molecule has 1 heteroatoms. The smallest absolute Gasteiger partial charge is 0.00893 e. The molecule has 3 rings (SSSR count). The maximum Gasteiger partial charge on any atom is 0.00893 e. The lowest BCUT2D eigenvalue weighted by atomic mass is 9.56. The van der Waals surface area contributed by atoms with E-state index in [9.17, 15) is 0 Å². The molecule has 0 spiro atoms. The lowest BCUT2D eigenvalue weighted by molar-refractivity contribution is 0.198. The van der Waals surface area contributed by atoms with E-state index in [1.54, 1.807) is 0 Å². The number of hydrogen-bond acceptors (Lipinski definition) is 1. The molecule has 0 unspecified atom stereocenters. The van der Waals surface area contributed by atoms with Crippen LogP contribution in [-0.4, -0.2) is 13.6 Å². The summed E-state index contributed by atoms with van der Waals surface area (Å²) in [5, 5.41) is 3.42. The van der Waals surface area contributed by atoms with Gasteiger partial charge in [-0.15, -0.1) is 0 Å². The lowest BCUT2D eigenvalue weighted by Crippen LogP contribution is -2.47. The van der Waals surface area contributed by atoms with Gasteiger partial charge < -0.3 is 5.32 Å². The molecule has 1 fully saturated rings. The van der Waals surface area contributed by atoms with Crippen molar-refractivity contribution in [2.75, 3.05) is 13.6 Å². The van der Waals surface area contributed by atoms with Crippen molar-refractivity contribution in [2.24, 2.45) is 0 Å². The standard InChI is InChI=1S/C20H25N/c1-15-9-10-19(11-16(15)2)20(14-21-3)12-18(13-20)17-7-5-4-6-8-17/h4-11,18,21H,12-14H2,1-3H3. The Morgan fingerprint density at radius 3 is 2.33 bits per heavy atom. The number of nitrogens with one attached hydrogen (secondary N) is 1. The lowest BCUT2D eigenvalue weighted by Gasteiger charge is -2.49. The highest BCUT2D eigenvalue weighted by Gasteiger charge is 2.45. The van der Waals surface area contributed by atoms with Crippen LogP contribution in [0, 0.1) is 13.8 Å². The molecule has 0 saturated heterocycles. The maximum atomic E-state index is 3.42. The fraction of sp³-hybridized carbons (Fsp3) is 0.400. The van der Waals surface area contributed by atoms with Crippen LogP contribution < -0.4 is 5.32 Å². The minimum Gasteiger partial charge on any atom is -0.319 e. The number of benzene rings is 2. The molecule has 1 N–H and O–H groups in total. The van der Waals surface area contributed by atoms with Crippen LogP contribution in [0.15, 0.2) is 48.5 Å². The van der Waals surface area contributed by atoms with Crippen LogP contribution in [0.2, 0.25) is 0 Å². The Morgan fingerprint density at radius 2 is 1.71 bits per heavy atom. The topological polar surface area (TPSA) is 12.0 Å². The highest BCUT2D eigenvalue weighted by atomic mass is 14.8. The van der Waals surface area contributed by atoms with E-state index in [-0.39, 0.29) is 0 Å². The summed E-state index contributed by atoms with van der Waals surface area (Å²) >= 11 is 0. The first-order valence-electron chi connectivity index (χ1n) is 7.92. The van der Waals surface area contributed by atoms with Crippen LogP contribution in [-0.2, 0) is 5.41 Å². The molecule has 0 aromatic heterocycles. The molecule has 2 aromatic rings. The molecule has 0 atom stereocenters. The van der Waals surface area contributed by atoms with Crippen molar-refractivity contribution in [1.82, 2.24) is 5.32 Å². The molecule has 0 amide bonds. The summed E-state index contributed by atoms with van der Waals surface area (Å²) in [5.74, 6) is 0.709. The van der Waals surface area contributed by atoms with Gasteiger partial charge >= 0.3 is 0 Å². The third-order valence-corrected chi connectivity index (χ3v) is 5.18. The van der Waals surface area contributed by atoms with E-state index < -0.39 is 0 Å². The van der Waals surface area contributed by atoms with Gasteiger partial charge in [-0.2, -0.15) is 0 Å². The Morgan fingerprint density at radius 1 is 1.00 bits per heavy atom. The van der Waals surface area contributed by atoms with Gasteiger partial charge in [0.15, 0.2) is 0 Å². The number of likely N-dealkylation sites (N-methyl/N-ethyl adjacent to an activating group) is 1. The van der Waals surface area contributed by atoms with Gasteiger partial charge in [-0.1, -0.05) is 48.5 Å². The number of hydrogen-bond donors (Lipinski definition) is 1. The van der Waals surface area contributed by atoms with Gasteiger partial charge in [-0.3, -0.25) is 0 Å². The van der Waals surface area contributed by atoms with Crippen molar-refractivity contribution >= 4 is 0 Å². The Balaban J connectivity index is 1.85. The Bertz CT molecular complexity index is 609. The third-order valence-electron chi connectivity index (χ3n) is 5.18. The van der Waals surface area contributed by atoms with Crippen molar-refractivity contribution in [3.05, 3.63) is 70.8 Å². The number of rotatable bonds is 4. The van der Waals surface area contributed by atoms with E-state index in [4.69, 9.17) is 0 Å². The second kappa shape index (κ2) is 5.65. The molecule has 2 aromatic carbocycles. The van der Waals surface area contributed by atoms with Crippen LogP contribution in [0.4, 0.5) is 0 Å². The molecule has 1 aliphatic rings. The molecule has 0 bridgehead atoms. The maximum absolute atomic E-state index is 3.42. The minimum atomic E-state index is 0.313. The molecule has 1 aliphatic carbocycles. The van der Waals surface area contributed by atoms with Crippen molar-refractivity contribution < 1.29 is 0 Å². The van der Waals surface area contributed by atoms with E-state index in [2.05, 4.69) is 74.7 Å². The molecule has 21 heavy (non-hydrogen) atoms. The van der Waals surface area contributed by atoms with Crippen LogP contribution in [0.3, 0.4) is 0 Å². The van der Waals surface area contributed by atoms with Crippen LogP contribution in [0.1, 0.15) is 41.0 Å². The van der Waals surface area contributed by atoms with Crippen LogP contribution in [0.5, 0.6) is 0 Å². The molecular formula is C20H25N. The summed E-state index contributed by atoms with van der Waals surface area (Å²) in [4.78, 5) is 0. The monoisotopic (exact) mass is 279 g/mol. The van der Waals surface area contributed by atoms with Crippen molar-refractivity contribution in [3.8, 4) is 0 Å². The van der Waals surface area contributed by atoms with Gasteiger partial charge in [0.2, 0.25) is 0 Å². The zero-order valence-corrected chi connectivity index (χ0v) is 13.3. The third kappa shape index (κ3) is 2.63. The molecule has 0 heterocycles. The van der Waals surface area contributed by atoms with Crippen LogP contribution >= 0.6 is 0 Å². The number of aryl methyl sites for hydroxylation is 2. The Labute approximate surface area is 128 Å². The second-order valence-corrected chi connectivity index (χ2v) is 6.63. The predicted molar refractivity (Wildman–Crippen MR) is 89.9 cm³/mol. The van der Waals surface area contributed by atoms with Gasteiger partial charge in [-0.25, -0.2) is 0 Å². The van der Waals surface area contributed by atoms with E-state index in [0.717, 1.165) is 6.54 Å². The fourth-order valence-electron chi connectivity index (χ4n) is 3.74. The average molecular weight is 279 g/mol. The van der Waals surface area contributed by atoms with E-state index >= 15 is 0 Å². The normalized spacial score (nSPS) is 24.6. The summed E-state index contributed by atoms with van der Waals surface area (Å²) in [6.07, 6.45) is 2.50. The molecule has 0 aliphatic heterocycles. The summed E-state index contributed by atoms with van der Waals surface area (Å²) in [6.45, 7) is 5.48. The fourth-order valence-corrected chi connectivity index (χ4v) is 3.74. The average Bonchev–Trinajstić information content (AvgIpc) is 2.46. The molecular weight excluding hydrogens is 254 g/mol. The largest absolute Gasteiger partial charge is 0.319 e. The predicted octanol–water partition coefficient (Wildman–Crippen LogP) is 4.34. The minimum absolute atomic E-state index is 0.313. The Kier molecular flexibility index (Phi) is 3.86. The van der Waals surface area contributed by atoms with Gasteiger partial charge in [0.1, 0.15) is 0 Å². The first kappa shape index (κ1) is 14.3. The van der Waals surface area contributed by atoms with Gasteiger partial charge in [0.05, 0.1) is 0 Å². The van der Waals surface area contributed by atoms with E-state index in [0.29, 0.717) is 11.3 Å². The second-order valence-electron chi connectivity index (χ2n) is 6.63. The molecule has 1 saturated carbocycles. The van der Waals surface area contributed by atoms with Crippen molar-refractivity contribution in [2.45, 2.75) is 38.0 Å². The van der Waals surface area contributed by atoms with Gasteiger partial charge in [-0.05, 0) is 61.9 Å². The van der Waals surface area contributed by atoms with E-state index in [1.807, 2.05) is 0 Å². The zero-order chi connectivity index (χ0) is 14.9. The quantitative estimate of drug-likeness (QED) is 0.878. The Hall–Kier alpha value is -1.60. The molecule has 110 valence electrons. The molecule has 0 radical (unpaired) electrons. The first-order chi connectivity index (χ1) is 10.1. The van der Waals surface area contributed by atoms with Crippen LogP contribution in [0.25, 0.3) is 0 Å². The highest BCUT2D eigenvalue weighted by molar-refractivity contribution is 5.39. The molecule has 1 nitrogen and oxygen atoms in total.